The second-order valence-corrected chi connectivity index (χ2v) is 6.88. The minimum absolute atomic E-state index is 0.150. The van der Waals surface area contributed by atoms with Crippen molar-refractivity contribution in [1.82, 2.24) is 10.2 Å². The van der Waals surface area contributed by atoms with Crippen LogP contribution in [0.15, 0.2) is 16.5 Å². The average molecular weight is 286 g/mol. The molecule has 4 nitrogen and oxygen atoms in total. The van der Waals surface area contributed by atoms with Crippen molar-refractivity contribution in [3.8, 4) is 9.88 Å². The van der Waals surface area contributed by atoms with Crippen molar-refractivity contribution >= 4 is 40.4 Å². The summed E-state index contributed by atoms with van der Waals surface area (Å²) in [7, 11) is 0. The predicted octanol–water partition coefficient (Wildman–Crippen LogP) is 3.14. The number of thiophene rings is 1. The number of carboxylic acid groups (broad SMARTS) is 1. The topological polar surface area (TPSA) is 63.1 Å². The molecule has 0 saturated heterocycles. The van der Waals surface area contributed by atoms with E-state index >= 15 is 0 Å². The molecular formula is C10H10N2O2S3. The van der Waals surface area contributed by atoms with E-state index in [1.54, 1.807) is 11.3 Å². The third kappa shape index (κ3) is 3.52. The molecule has 0 aliphatic heterocycles. The van der Waals surface area contributed by atoms with Crippen LogP contribution >= 0.6 is 34.4 Å². The number of hydrogen-bond donors (Lipinski definition) is 1. The SMILES string of the molecule is Cc1ccc(-c2nnc(SCCC(=O)O)s2)s1. The normalized spacial score (nSPS) is 10.6. The zero-order valence-corrected chi connectivity index (χ0v) is 11.5. The van der Waals surface area contributed by atoms with Crippen LogP contribution in [0.2, 0.25) is 0 Å². The van der Waals surface area contributed by atoms with Crippen molar-refractivity contribution in [2.45, 2.75) is 17.7 Å². The fraction of sp³-hybridized carbons (Fsp3) is 0.300. The summed E-state index contributed by atoms with van der Waals surface area (Å²) in [6.07, 6.45) is 0.150. The number of rotatable bonds is 5. The second-order valence-electron chi connectivity index (χ2n) is 3.28. The van der Waals surface area contributed by atoms with Crippen LogP contribution < -0.4 is 0 Å². The highest BCUT2D eigenvalue weighted by Gasteiger charge is 2.09. The molecule has 0 atom stereocenters. The van der Waals surface area contributed by atoms with Gasteiger partial charge in [-0.05, 0) is 19.1 Å². The number of aliphatic carboxylic acids is 1. The Labute approximate surface area is 111 Å². The van der Waals surface area contributed by atoms with Gasteiger partial charge in [0, 0.05) is 10.6 Å². The Kier molecular flexibility index (Phi) is 4.14. The summed E-state index contributed by atoms with van der Waals surface area (Å²) in [5, 5.41) is 17.6. The average Bonchev–Trinajstić information content (AvgIpc) is 2.86. The summed E-state index contributed by atoms with van der Waals surface area (Å²) < 4.78 is 0.826. The van der Waals surface area contributed by atoms with Gasteiger partial charge in [0.2, 0.25) is 0 Å². The van der Waals surface area contributed by atoms with Gasteiger partial charge in [0.15, 0.2) is 9.35 Å². The molecule has 0 bridgehead atoms. The first-order chi connectivity index (χ1) is 8.15. The molecule has 0 aromatic carbocycles. The Morgan fingerprint density at radius 1 is 1.41 bits per heavy atom. The van der Waals surface area contributed by atoms with Crippen LogP contribution in [0.25, 0.3) is 9.88 Å². The highest BCUT2D eigenvalue weighted by molar-refractivity contribution is 8.01. The minimum Gasteiger partial charge on any atom is -0.481 e. The highest BCUT2D eigenvalue weighted by Crippen LogP contribution is 2.33. The van der Waals surface area contributed by atoms with Crippen LogP contribution in [0, 0.1) is 6.92 Å². The van der Waals surface area contributed by atoms with E-state index in [0.29, 0.717) is 5.75 Å². The Morgan fingerprint density at radius 3 is 2.88 bits per heavy atom. The van der Waals surface area contributed by atoms with E-state index in [0.717, 1.165) is 14.2 Å². The maximum Gasteiger partial charge on any atom is 0.304 e. The molecule has 2 aromatic rings. The molecule has 0 aliphatic rings. The van der Waals surface area contributed by atoms with Crippen LogP contribution in [0.5, 0.6) is 0 Å². The smallest absolute Gasteiger partial charge is 0.304 e. The Hall–Kier alpha value is -0.920. The number of carboxylic acids is 1. The summed E-state index contributed by atoms with van der Waals surface area (Å²) in [5.74, 6) is -0.246. The van der Waals surface area contributed by atoms with Crippen molar-refractivity contribution in [2.24, 2.45) is 0 Å². The van der Waals surface area contributed by atoms with Gasteiger partial charge >= 0.3 is 5.97 Å². The number of hydrogen-bond acceptors (Lipinski definition) is 6. The molecule has 17 heavy (non-hydrogen) atoms. The van der Waals surface area contributed by atoms with E-state index in [4.69, 9.17) is 5.11 Å². The van der Waals surface area contributed by atoms with Crippen molar-refractivity contribution in [3.63, 3.8) is 0 Å². The maximum absolute atomic E-state index is 10.4. The lowest BCUT2D eigenvalue weighted by atomic mass is 10.4. The van der Waals surface area contributed by atoms with Crippen LogP contribution in [0.1, 0.15) is 11.3 Å². The Bertz CT molecular complexity index is 521. The number of nitrogens with zero attached hydrogens (tertiary/aromatic N) is 2. The third-order valence-corrected chi connectivity index (χ3v) is 5.13. The highest BCUT2D eigenvalue weighted by atomic mass is 32.2. The standard InChI is InChI=1S/C10H10N2O2S3/c1-6-2-3-7(16-6)9-11-12-10(17-9)15-5-4-8(13)14/h2-3H,4-5H2,1H3,(H,13,14). The summed E-state index contributed by atoms with van der Waals surface area (Å²) >= 11 is 4.64. The lowest BCUT2D eigenvalue weighted by molar-refractivity contribution is -0.136. The molecule has 0 amide bonds. The lowest BCUT2D eigenvalue weighted by Gasteiger charge is -1.91. The predicted molar refractivity (Wildman–Crippen MR) is 70.9 cm³/mol. The Balaban J connectivity index is 1.98. The van der Waals surface area contributed by atoms with Gasteiger partial charge < -0.3 is 5.11 Å². The molecule has 0 saturated carbocycles. The van der Waals surface area contributed by atoms with E-state index in [-0.39, 0.29) is 6.42 Å². The zero-order valence-electron chi connectivity index (χ0n) is 9.04. The monoisotopic (exact) mass is 286 g/mol. The summed E-state index contributed by atoms with van der Waals surface area (Å²) in [6.45, 7) is 2.05. The first-order valence-corrected chi connectivity index (χ1v) is 7.52. The molecule has 2 rings (SSSR count). The number of carbonyl (C=O) groups is 1. The van der Waals surface area contributed by atoms with E-state index in [2.05, 4.69) is 23.2 Å². The molecule has 0 spiro atoms. The third-order valence-electron chi connectivity index (χ3n) is 1.90. The van der Waals surface area contributed by atoms with Crippen LogP contribution in [-0.2, 0) is 4.79 Å². The quantitative estimate of drug-likeness (QED) is 0.855. The van der Waals surface area contributed by atoms with E-state index in [1.165, 1.54) is 28.0 Å². The first-order valence-electron chi connectivity index (χ1n) is 4.90. The molecule has 2 aromatic heterocycles. The molecule has 0 fully saturated rings. The molecule has 0 aliphatic carbocycles. The molecule has 0 unspecified atom stereocenters. The summed E-state index contributed by atoms with van der Waals surface area (Å²) in [5.41, 5.74) is 0. The number of thioether (sulfide) groups is 1. The summed E-state index contributed by atoms with van der Waals surface area (Å²) in [4.78, 5) is 12.7. The van der Waals surface area contributed by atoms with E-state index in [9.17, 15) is 4.79 Å². The van der Waals surface area contributed by atoms with E-state index < -0.39 is 5.97 Å². The van der Waals surface area contributed by atoms with Gasteiger partial charge in [0.25, 0.3) is 0 Å². The van der Waals surface area contributed by atoms with Gasteiger partial charge in [-0.2, -0.15) is 0 Å². The van der Waals surface area contributed by atoms with E-state index in [1.807, 2.05) is 6.07 Å². The van der Waals surface area contributed by atoms with Crippen molar-refractivity contribution in [3.05, 3.63) is 17.0 Å². The lowest BCUT2D eigenvalue weighted by Crippen LogP contribution is -1.95. The fourth-order valence-corrected chi connectivity index (χ4v) is 3.91. The zero-order chi connectivity index (χ0) is 12.3. The van der Waals surface area contributed by atoms with Crippen molar-refractivity contribution < 1.29 is 9.90 Å². The van der Waals surface area contributed by atoms with Crippen molar-refractivity contribution in [1.29, 1.82) is 0 Å². The van der Waals surface area contributed by atoms with Crippen LogP contribution in [0.4, 0.5) is 0 Å². The van der Waals surface area contributed by atoms with Gasteiger partial charge in [-0.25, -0.2) is 0 Å². The van der Waals surface area contributed by atoms with Gasteiger partial charge in [-0.15, -0.1) is 21.5 Å². The molecular weight excluding hydrogens is 276 g/mol. The largest absolute Gasteiger partial charge is 0.481 e. The van der Waals surface area contributed by atoms with Gasteiger partial charge in [0.05, 0.1) is 11.3 Å². The molecule has 0 radical (unpaired) electrons. The van der Waals surface area contributed by atoms with Crippen LogP contribution in [-0.4, -0.2) is 27.0 Å². The molecule has 2 heterocycles. The maximum atomic E-state index is 10.4. The molecule has 90 valence electrons. The van der Waals surface area contributed by atoms with Crippen LogP contribution in [0.3, 0.4) is 0 Å². The molecule has 7 heteroatoms. The Morgan fingerprint density at radius 2 is 2.24 bits per heavy atom. The minimum atomic E-state index is -0.781. The molecule has 1 N–H and O–H groups in total. The van der Waals surface area contributed by atoms with Gasteiger partial charge in [-0.1, -0.05) is 23.1 Å². The second kappa shape index (κ2) is 5.61. The summed E-state index contributed by atoms with van der Waals surface area (Å²) in [6, 6.07) is 4.09. The number of aryl methyl sites for hydroxylation is 1. The van der Waals surface area contributed by atoms with Crippen molar-refractivity contribution in [2.75, 3.05) is 5.75 Å². The fourth-order valence-electron chi connectivity index (χ4n) is 1.14. The number of aromatic nitrogens is 2. The van der Waals surface area contributed by atoms with Gasteiger partial charge in [-0.3, -0.25) is 4.79 Å². The first kappa shape index (κ1) is 12.5. The van der Waals surface area contributed by atoms with Gasteiger partial charge in [0.1, 0.15) is 0 Å².